The summed E-state index contributed by atoms with van der Waals surface area (Å²) in [7, 11) is 1.68. The number of rotatable bonds is 6. The Balaban J connectivity index is 0.00000289. The van der Waals surface area contributed by atoms with E-state index in [0.29, 0.717) is 13.2 Å². The number of nitrogens with one attached hydrogen (secondary N) is 1. The van der Waals surface area contributed by atoms with E-state index in [4.69, 9.17) is 10.5 Å². The van der Waals surface area contributed by atoms with Gasteiger partial charge in [0.1, 0.15) is 0 Å². The smallest absolute Gasteiger partial charge is 0.226 e. The predicted octanol–water partition coefficient (Wildman–Crippen LogP) is 1.86. The van der Waals surface area contributed by atoms with Gasteiger partial charge in [-0.25, -0.2) is 0 Å². The molecule has 1 aliphatic rings. The van der Waals surface area contributed by atoms with Gasteiger partial charge in [-0.05, 0) is 33.1 Å². The number of carbonyl (C=O) groups excluding carboxylic acids is 1. The van der Waals surface area contributed by atoms with Gasteiger partial charge in [0.2, 0.25) is 5.91 Å². The molecule has 1 aliphatic carbocycles. The normalized spacial score (nSPS) is 18.2. The summed E-state index contributed by atoms with van der Waals surface area (Å²) in [5, 5.41) is 2.99. The van der Waals surface area contributed by atoms with Crippen molar-refractivity contribution in [3.8, 4) is 0 Å². The zero-order chi connectivity index (χ0) is 12.9. The average molecular weight is 279 g/mol. The summed E-state index contributed by atoms with van der Waals surface area (Å²) in [6.45, 7) is 5.02. The molecule has 0 saturated heterocycles. The molecular weight excluding hydrogens is 252 g/mol. The third kappa shape index (κ3) is 5.12. The average Bonchev–Trinajstić information content (AvgIpc) is 2.72. The third-order valence-corrected chi connectivity index (χ3v) is 3.53. The Morgan fingerprint density at radius 3 is 2.39 bits per heavy atom. The molecule has 18 heavy (non-hydrogen) atoms. The molecule has 0 aliphatic heterocycles. The predicted molar refractivity (Wildman–Crippen MR) is 75.9 cm³/mol. The van der Waals surface area contributed by atoms with Crippen molar-refractivity contribution in [1.29, 1.82) is 0 Å². The van der Waals surface area contributed by atoms with Crippen molar-refractivity contribution in [2.24, 2.45) is 11.1 Å². The van der Waals surface area contributed by atoms with Gasteiger partial charge in [0, 0.05) is 25.8 Å². The van der Waals surface area contributed by atoms with E-state index in [0.717, 1.165) is 32.1 Å². The first-order valence-corrected chi connectivity index (χ1v) is 6.46. The van der Waals surface area contributed by atoms with Gasteiger partial charge in [0.05, 0.1) is 5.41 Å². The summed E-state index contributed by atoms with van der Waals surface area (Å²) in [4.78, 5) is 12.3. The molecule has 0 spiro atoms. The van der Waals surface area contributed by atoms with Crippen LogP contribution >= 0.6 is 12.4 Å². The van der Waals surface area contributed by atoms with Crippen LogP contribution in [0.1, 0.15) is 46.0 Å². The second-order valence-electron chi connectivity index (χ2n) is 5.90. The van der Waals surface area contributed by atoms with E-state index in [1.165, 1.54) is 0 Å². The number of ether oxygens (including phenoxy) is 1. The van der Waals surface area contributed by atoms with Crippen LogP contribution in [0, 0.1) is 5.41 Å². The number of hydrogen-bond acceptors (Lipinski definition) is 3. The molecule has 0 bridgehead atoms. The molecule has 0 aromatic heterocycles. The summed E-state index contributed by atoms with van der Waals surface area (Å²) >= 11 is 0. The summed E-state index contributed by atoms with van der Waals surface area (Å²) < 4.78 is 5.12. The summed E-state index contributed by atoms with van der Waals surface area (Å²) in [6, 6.07) is 0. The minimum absolute atomic E-state index is 0. The lowest BCUT2D eigenvalue weighted by Gasteiger charge is -2.29. The highest BCUT2D eigenvalue weighted by Gasteiger charge is 2.40. The number of nitrogens with two attached hydrogens (primary N) is 1. The molecule has 0 heterocycles. The topological polar surface area (TPSA) is 64.3 Å². The Hall–Kier alpha value is -0.320. The zero-order valence-electron chi connectivity index (χ0n) is 11.8. The van der Waals surface area contributed by atoms with E-state index in [2.05, 4.69) is 5.32 Å². The quantitative estimate of drug-likeness (QED) is 0.779. The third-order valence-electron chi connectivity index (χ3n) is 3.53. The summed E-state index contributed by atoms with van der Waals surface area (Å²) in [6.07, 6.45) is 5.06. The van der Waals surface area contributed by atoms with Crippen LogP contribution in [0.4, 0.5) is 0 Å². The van der Waals surface area contributed by atoms with Gasteiger partial charge in [-0.2, -0.15) is 0 Å². The zero-order valence-corrected chi connectivity index (χ0v) is 12.6. The van der Waals surface area contributed by atoms with Crippen molar-refractivity contribution in [3.05, 3.63) is 0 Å². The second kappa shape index (κ2) is 7.31. The van der Waals surface area contributed by atoms with E-state index >= 15 is 0 Å². The maximum atomic E-state index is 12.3. The molecule has 0 unspecified atom stereocenters. The van der Waals surface area contributed by atoms with Crippen LogP contribution in [-0.4, -0.2) is 31.7 Å². The molecule has 0 aromatic rings. The van der Waals surface area contributed by atoms with E-state index < -0.39 is 0 Å². The Morgan fingerprint density at radius 1 is 1.39 bits per heavy atom. The standard InChI is InChI=1S/C13H26N2O2.ClH/c1-12(2,14)10-15-11(16)13(8-9-17-3)6-4-5-7-13;/h4-10,14H2,1-3H3,(H,15,16);1H. The van der Waals surface area contributed by atoms with Gasteiger partial charge in [0.15, 0.2) is 0 Å². The molecule has 5 heteroatoms. The lowest BCUT2D eigenvalue weighted by molar-refractivity contribution is -0.132. The Labute approximate surface area is 116 Å². The Bertz CT molecular complexity index is 258. The first kappa shape index (κ1) is 17.7. The lowest BCUT2D eigenvalue weighted by atomic mass is 9.81. The molecule has 1 fully saturated rings. The highest BCUT2D eigenvalue weighted by molar-refractivity contribution is 5.85. The van der Waals surface area contributed by atoms with Crippen LogP contribution in [0.3, 0.4) is 0 Å². The van der Waals surface area contributed by atoms with Crippen LogP contribution in [0.25, 0.3) is 0 Å². The molecule has 108 valence electrons. The molecule has 4 nitrogen and oxygen atoms in total. The molecule has 0 radical (unpaired) electrons. The van der Waals surface area contributed by atoms with Crippen molar-refractivity contribution < 1.29 is 9.53 Å². The van der Waals surface area contributed by atoms with Gasteiger partial charge >= 0.3 is 0 Å². The molecule has 3 N–H and O–H groups in total. The first-order chi connectivity index (χ1) is 7.90. The van der Waals surface area contributed by atoms with Crippen molar-refractivity contribution in [2.45, 2.75) is 51.5 Å². The van der Waals surface area contributed by atoms with Gasteiger partial charge in [-0.1, -0.05) is 12.8 Å². The number of halogens is 1. The van der Waals surface area contributed by atoms with Gasteiger partial charge < -0.3 is 15.8 Å². The fourth-order valence-electron chi connectivity index (χ4n) is 2.44. The molecule has 0 aromatic carbocycles. The van der Waals surface area contributed by atoms with Crippen molar-refractivity contribution in [1.82, 2.24) is 5.32 Å². The van der Waals surface area contributed by atoms with E-state index in [1.54, 1.807) is 7.11 Å². The second-order valence-corrected chi connectivity index (χ2v) is 5.90. The molecule has 0 atom stereocenters. The maximum absolute atomic E-state index is 12.3. The van der Waals surface area contributed by atoms with Crippen LogP contribution in [-0.2, 0) is 9.53 Å². The number of methoxy groups -OCH3 is 1. The monoisotopic (exact) mass is 278 g/mol. The minimum Gasteiger partial charge on any atom is -0.385 e. The van der Waals surface area contributed by atoms with Crippen molar-refractivity contribution in [2.75, 3.05) is 20.3 Å². The summed E-state index contributed by atoms with van der Waals surface area (Å²) in [5.74, 6) is 0.158. The van der Waals surface area contributed by atoms with Crippen molar-refractivity contribution >= 4 is 18.3 Å². The van der Waals surface area contributed by atoms with Crippen LogP contribution < -0.4 is 11.1 Å². The molecule has 1 saturated carbocycles. The van der Waals surface area contributed by atoms with Gasteiger partial charge in [-0.3, -0.25) is 4.79 Å². The number of amides is 1. The van der Waals surface area contributed by atoms with E-state index in [9.17, 15) is 4.79 Å². The van der Waals surface area contributed by atoms with Gasteiger partial charge in [0.25, 0.3) is 0 Å². The van der Waals surface area contributed by atoms with E-state index in [1.807, 2.05) is 13.8 Å². The highest BCUT2D eigenvalue weighted by Crippen LogP contribution is 2.41. The number of hydrogen-bond donors (Lipinski definition) is 2. The maximum Gasteiger partial charge on any atom is 0.226 e. The molecule has 1 amide bonds. The van der Waals surface area contributed by atoms with Crippen molar-refractivity contribution in [3.63, 3.8) is 0 Å². The molecule has 1 rings (SSSR count). The van der Waals surface area contributed by atoms with Gasteiger partial charge in [-0.15, -0.1) is 12.4 Å². The lowest BCUT2D eigenvalue weighted by Crippen LogP contribution is -2.49. The minimum atomic E-state index is -0.350. The first-order valence-electron chi connectivity index (χ1n) is 6.46. The largest absolute Gasteiger partial charge is 0.385 e. The number of carbonyl (C=O) groups is 1. The summed E-state index contributed by atoms with van der Waals surface area (Å²) in [5.41, 5.74) is 5.33. The highest BCUT2D eigenvalue weighted by atomic mass is 35.5. The fourth-order valence-corrected chi connectivity index (χ4v) is 2.44. The Morgan fingerprint density at radius 2 is 1.94 bits per heavy atom. The fraction of sp³-hybridized carbons (Fsp3) is 0.923. The van der Waals surface area contributed by atoms with E-state index in [-0.39, 0.29) is 29.3 Å². The Kier molecular flexibility index (Phi) is 7.18. The molecular formula is C13H27ClN2O2. The van der Waals surface area contributed by atoms with Crippen LogP contribution in [0.2, 0.25) is 0 Å². The van der Waals surface area contributed by atoms with Crippen LogP contribution in [0.5, 0.6) is 0 Å². The SMILES string of the molecule is COCCC1(C(=O)NCC(C)(C)N)CCCC1.Cl. The van der Waals surface area contributed by atoms with Crippen LogP contribution in [0.15, 0.2) is 0 Å².